The van der Waals surface area contributed by atoms with Crippen molar-refractivity contribution in [1.82, 2.24) is 4.90 Å². The molecule has 0 bridgehead atoms. The van der Waals surface area contributed by atoms with Gasteiger partial charge in [0.15, 0.2) is 0 Å². The quantitative estimate of drug-likeness (QED) is 0.838. The summed E-state index contributed by atoms with van der Waals surface area (Å²) in [5, 5.41) is 0.126. The number of carbonyl (C=O) groups excluding carboxylic acids is 1. The molecule has 0 aliphatic carbocycles. The zero-order valence-corrected chi connectivity index (χ0v) is 12.6. The number of hydrogen-bond donors (Lipinski definition) is 1. The van der Waals surface area contributed by atoms with Crippen LogP contribution in [0.2, 0.25) is 0 Å². The van der Waals surface area contributed by atoms with Gasteiger partial charge in [-0.15, -0.1) is 24.2 Å². The Bertz CT molecular complexity index is 239. The van der Waals surface area contributed by atoms with Crippen LogP contribution in [0.25, 0.3) is 0 Å². The largest absolute Gasteiger partial charge is 0.341 e. The molecular weight excluding hydrogens is 256 g/mol. The molecule has 17 heavy (non-hydrogen) atoms. The van der Waals surface area contributed by atoms with Gasteiger partial charge in [0.1, 0.15) is 0 Å². The average molecular weight is 281 g/mol. The maximum absolute atomic E-state index is 12.3. The number of nitrogens with zero attached hydrogens (tertiary/aromatic N) is 1. The van der Waals surface area contributed by atoms with Crippen LogP contribution in [0.1, 0.15) is 27.2 Å². The molecule has 3 nitrogen and oxygen atoms in total. The van der Waals surface area contributed by atoms with Crippen molar-refractivity contribution >= 4 is 30.1 Å². The van der Waals surface area contributed by atoms with Crippen molar-refractivity contribution in [2.75, 3.05) is 25.4 Å². The van der Waals surface area contributed by atoms with Crippen molar-refractivity contribution in [3.8, 4) is 0 Å². The van der Waals surface area contributed by atoms with E-state index in [-0.39, 0.29) is 17.7 Å². The summed E-state index contributed by atoms with van der Waals surface area (Å²) in [6.45, 7) is 8.83. The highest BCUT2D eigenvalue weighted by Gasteiger charge is 2.31. The molecule has 1 aliphatic heterocycles. The Morgan fingerprint density at radius 1 is 1.53 bits per heavy atom. The normalized spacial score (nSPS) is 21.5. The van der Waals surface area contributed by atoms with Gasteiger partial charge in [0.05, 0.1) is 5.25 Å². The Labute approximate surface area is 115 Å². The number of halogens is 1. The lowest BCUT2D eigenvalue weighted by Crippen LogP contribution is -2.39. The van der Waals surface area contributed by atoms with Crippen molar-refractivity contribution in [1.29, 1.82) is 0 Å². The molecule has 2 atom stereocenters. The molecule has 1 saturated heterocycles. The lowest BCUT2D eigenvalue weighted by molar-refractivity contribution is -0.130. The van der Waals surface area contributed by atoms with E-state index in [1.807, 2.05) is 4.90 Å². The standard InChI is InChI=1S/C12H24N2OS.ClH/c1-4-16-11(9(2)3)12(15)14-6-5-10(7-13)8-14;/h9-11H,4-8,13H2,1-3H3;1H. The van der Waals surface area contributed by atoms with Crippen molar-refractivity contribution < 1.29 is 4.79 Å². The number of nitrogens with two attached hydrogens (primary N) is 1. The Kier molecular flexibility index (Phi) is 8.25. The minimum absolute atomic E-state index is 0. The fourth-order valence-corrected chi connectivity index (χ4v) is 3.17. The molecule has 0 radical (unpaired) electrons. The van der Waals surface area contributed by atoms with Gasteiger partial charge in [-0.1, -0.05) is 20.8 Å². The third-order valence-corrected chi connectivity index (χ3v) is 4.56. The molecule has 0 aromatic carbocycles. The molecule has 102 valence electrons. The first-order chi connectivity index (χ1) is 7.60. The molecule has 5 heteroatoms. The number of carbonyl (C=O) groups is 1. The van der Waals surface area contributed by atoms with Gasteiger partial charge in [0, 0.05) is 13.1 Å². The molecule has 1 amide bonds. The third-order valence-electron chi connectivity index (χ3n) is 3.13. The van der Waals surface area contributed by atoms with Crippen LogP contribution in [0, 0.1) is 11.8 Å². The zero-order valence-electron chi connectivity index (χ0n) is 11.0. The van der Waals surface area contributed by atoms with Crippen LogP contribution >= 0.6 is 24.2 Å². The second-order valence-corrected chi connectivity index (χ2v) is 6.21. The van der Waals surface area contributed by atoms with E-state index in [1.165, 1.54) is 0 Å². The first kappa shape index (κ1) is 17.1. The Balaban J connectivity index is 0.00000256. The van der Waals surface area contributed by atoms with E-state index in [9.17, 15) is 4.79 Å². The molecule has 0 saturated carbocycles. The number of hydrogen-bond acceptors (Lipinski definition) is 3. The fraction of sp³-hybridized carbons (Fsp3) is 0.917. The summed E-state index contributed by atoms with van der Waals surface area (Å²) in [6, 6.07) is 0. The predicted octanol–water partition coefficient (Wildman–Crippen LogP) is 1.99. The second-order valence-electron chi connectivity index (χ2n) is 4.79. The lowest BCUT2D eigenvalue weighted by Gasteiger charge is -2.25. The van der Waals surface area contributed by atoms with E-state index in [0.717, 1.165) is 25.3 Å². The number of amides is 1. The highest BCUT2D eigenvalue weighted by atomic mass is 35.5. The molecule has 1 heterocycles. The minimum atomic E-state index is 0. The third kappa shape index (κ3) is 4.68. The maximum Gasteiger partial charge on any atom is 0.235 e. The van der Waals surface area contributed by atoms with Gasteiger partial charge in [-0.05, 0) is 30.6 Å². The van der Waals surface area contributed by atoms with Crippen LogP contribution in [0.3, 0.4) is 0 Å². The van der Waals surface area contributed by atoms with Gasteiger partial charge in [-0.2, -0.15) is 0 Å². The van der Waals surface area contributed by atoms with Crippen LogP contribution in [0.4, 0.5) is 0 Å². The molecule has 0 aromatic heterocycles. The van der Waals surface area contributed by atoms with Gasteiger partial charge in [-0.25, -0.2) is 0 Å². The molecule has 2 unspecified atom stereocenters. The smallest absolute Gasteiger partial charge is 0.235 e. The fourth-order valence-electron chi connectivity index (χ4n) is 2.13. The monoisotopic (exact) mass is 280 g/mol. The molecule has 1 fully saturated rings. The molecular formula is C12H25ClN2OS. The van der Waals surface area contributed by atoms with Crippen molar-refractivity contribution in [3.63, 3.8) is 0 Å². The molecule has 2 N–H and O–H groups in total. The first-order valence-corrected chi connectivity index (χ1v) is 7.25. The van der Waals surface area contributed by atoms with Gasteiger partial charge in [0.25, 0.3) is 0 Å². The van der Waals surface area contributed by atoms with E-state index in [1.54, 1.807) is 11.8 Å². The summed E-state index contributed by atoms with van der Waals surface area (Å²) in [6.07, 6.45) is 1.07. The van der Waals surface area contributed by atoms with Crippen LogP contribution in [0.5, 0.6) is 0 Å². The van der Waals surface area contributed by atoms with E-state index >= 15 is 0 Å². The van der Waals surface area contributed by atoms with Crippen molar-refractivity contribution in [2.45, 2.75) is 32.4 Å². The van der Waals surface area contributed by atoms with E-state index in [4.69, 9.17) is 5.73 Å². The second kappa shape index (κ2) is 8.22. The first-order valence-electron chi connectivity index (χ1n) is 6.20. The number of rotatable bonds is 5. The van der Waals surface area contributed by atoms with Crippen LogP contribution in [-0.4, -0.2) is 41.4 Å². The minimum Gasteiger partial charge on any atom is -0.341 e. The predicted molar refractivity (Wildman–Crippen MR) is 77.7 cm³/mol. The summed E-state index contributed by atoms with van der Waals surface area (Å²) in [4.78, 5) is 14.3. The lowest BCUT2D eigenvalue weighted by atomic mass is 10.1. The van der Waals surface area contributed by atoms with Crippen molar-refractivity contribution in [3.05, 3.63) is 0 Å². The molecule has 0 aromatic rings. The molecule has 1 aliphatic rings. The summed E-state index contributed by atoms with van der Waals surface area (Å²) >= 11 is 1.77. The summed E-state index contributed by atoms with van der Waals surface area (Å²) < 4.78 is 0. The summed E-state index contributed by atoms with van der Waals surface area (Å²) in [5.74, 6) is 2.25. The van der Waals surface area contributed by atoms with E-state index in [0.29, 0.717) is 24.3 Å². The topological polar surface area (TPSA) is 46.3 Å². The molecule has 1 rings (SSSR count). The molecule has 0 spiro atoms. The Hall–Kier alpha value is 0.0700. The summed E-state index contributed by atoms with van der Waals surface area (Å²) in [7, 11) is 0. The van der Waals surface area contributed by atoms with Gasteiger partial charge in [0.2, 0.25) is 5.91 Å². The maximum atomic E-state index is 12.3. The highest BCUT2D eigenvalue weighted by Crippen LogP contribution is 2.24. The summed E-state index contributed by atoms with van der Waals surface area (Å²) in [5.41, 5.74) is 5.65. The van der Waals surface area contributed by atoms with E-state index < -0.39 is 0 Å². The SMILES string of the molecule is CCSC(C(=O)N1CCC(CN)C1)C(C)C.Cl. The number of likely N-dealkylation sites (tertiary alicyclic amines) is 1. The van der Waals surface area contributed by atoms with Gasteiger partial charge in [-0.3, -0.25) is 4.79 Å². The highest BCUT2D eigenvalue weighted by molar-refractivity contribution is 8.00. The van der Waals surface area contributed by atoms with Crippen molar-refractivity contribution in [2.24, 2.45) is 17.6 Å². The number of thioether (sulfide) groups is 1. The van der Waals surface area contributed by atoms with Crippen LogP contribution in [-0.2, 0) is 4.79 Å². The average Bonchev–Trinajstić information content (AvgIpc) is 2.73. The zero-order chi connectivity index (χ0) is 12.1. The van der Waals surface area contributed by atoms with Crippen LogP contribution < -0.4 is 5.73 Å². The Morgan fingerprint density at radius 2 is 2.18 bits per heavy atom. The van der Waals surface area contributed by atoms with Crippen LogP contribution in [0.15, 0.2) is 0 Å². The van der Waals surface area contributed by atoms with Gasteiger partial charge < -0.3 is 10.6 Å². The Morgan fingerprint density at radius 3 is 2.59 bits per heavy atom. The van der Waals surface area contributed by atoms with E-state index in [2.05, 4.69) is 20.8 Å². The van der Waals surface area contributed by atoms with Gasteiger partial charge >= 0.3 is 0 Å².